The molecule has 1 fully saturated rings. The van der Waals surface area contributed by atoms with E-state index in [1.807, 2.05) is 19.1 Å². The van der Waals surface area contributed by atoms with E-state index in [0.29, 0.717) is 18.2 Å². The highest BCUT2D eigenvalue weighted by atomic mass is 35.5. The summed E-state index contributed by atoms with van der Waals surface area (Å²) in [4.78, 5) is 17.5. The number of nitrogens with zero attached hydrogens (tertiary/aromatic N) is 2. The van der Waals surface area contributed by atoms with Gasteiger partial charge in [0.05, 0.1) is 0 Å². The molecule has 1 saturated heterocycles. The molecule has 3 nitrogen and oxygen atoms in total. The Morgan fingerprint density at radius 1 is 1.47 bits per heavy atom. The van der Waals surface area contributed by atoms with Crippen molar-refractivity contribution in [3.63, 3.8) is 0 Å². The van der Waals surface area contributed by atoms with Gasteiger partial charge in [-0.05, 0) is 31.5 Å². The number of alkyl halides is 1. The van der Waals surface area contributed by atoms with Gasteiger partial charge in [-0.1, -0.05) is 11.6 Å². The van der Waals surface area contributed by atoms with E-state index in [0.717, 1.165) is 17.8 Å². The Labute approximate surface area is 117 Å². The first-order valence-electron chi connectivity index (χ1n) is 6.44. The van der Waals surface area contributed by atoms with E-state index < -0.39 is 5.67 Å². The molecule has 0 unspecified atom stereocenters. The van der Waals surface area contributed by atoms with E-state index in [1.165, 1.54) is 6.92 Å². The van der Waals surface area contributed by atoms with Crippen LogP contribution in [0.15, 0.2) is 12.1 Å². The third-order valence-corrected chi connectivity index (χ3v) is 3.86. The highest BCUT2D eigenvalue weighted by Gasteiger charge is 2.38. The fourth-order valence-electron chi connectivity index (χ4n) is 2.46. The van der Waals surface area contributed by atoms with E-state index in [-0.39, 0.29) is 18.6 Å². The lowest BCUT2D eigenvalue weighted by Crippen LogP contribution is -2.45. The summed E-state index contributed by atoms with van der Waals surface area (Å²) in [5.74, 6) is -0.352. The monoisotopic (exact) mass is 284 g/mol. The van der Waals surface area contributed by atoms with Gasteiger partial charge < -0.3 is 0 Å². The van der Waals surface area contributed by atoms with Crippen molar-refractivity contribution in [1.82, 2.24) is 9.88 Å². The topological polar surface area (TPSA) is 33.2 Å². The van der Waals surface area contributed by atoms with Crippen molar-refractivity contribution in [3.8, 4) is 0 Å². The van der Waals surface area contributed by atoms with Gasteiger partial charge in [0.25, 0.3) is 0 Å². The van der Waals surface area contributed by atoms with Crippen LogP contribution in [-0.2, 0) is 11.3 Å². The molecule has 104 valence electrons. The number of carbonyl (C=O) groups excluding carboxylic acids is 1. The van der Waals surface area contributed by atoms with Crippen molar-refractivity contribution in [2.45, 2.75) is 38.9 Å². The smallest absolute Gasteiger partial charge is 0.170 e. The molecule has 0 aliphatic carbocycles. The normalized spacial score (nSPS) is 19.4. The molecule has 0 spiro atoms. The zero-order valence-electron chi connectivity index (χ0n) is 11.2. The zero-order chi connectivity index (χ0) is 14.0. The molecule has 0 bridgehead atoms. The third-order valence-electron chi connectivity index (χ3n) is 3.67. The number of aromatic nitrogens is 1. The molecule has 1 aliphatic heterocycles. The molecule has 0 N–H and O–H groups in total. The lowest BCUT2D eigenvalue weighted by atomic mass is 9.89. The molecule has 5 heteroatoms. The fourth-order valence-corrected chi connectivity index (χ4v) is 2.74. The van der Waals surface area contributed by atoms with Crippen molar-refractivity contribution >= 4 is 17.4 Å². The summed E-state index contributed by atoms with van der Waals surface area (Å²) in [6.07, 6.45) is 0.556. The van der Waals surface area contributed by atoms with E-state index in [1.54, 1.807) is 0 Å². The number of halogens is 2. The zero-order valence-corrected chi connectivity index (χ0v) is 12.0. The average molecular weight is 285 g/mol. The number of ketones is 1. The van der Waals surface area contributed by atoms with Gasteiger partial charge in [-0.3, -0.25) is 9.69 Å². The van der Waals surface area contributed by atoms with Gasteiger partial charge in [0.15, 0.2) is 11.5 Å². The predicted molar refractivity (Wildman–Crippen MR) is 73.0 cm³/mol. The Hall–Kier alpha value is -1.00. The van der Waals surface area contributed by atoms with E-state index in [9.17, 15) is 9.18 Å². The van der Waals surface area contributed by atoms with E-state index >= 15 is 0 Å². The van der Waals surface area contributed by atoms with Crippen molar-refractivity contribution in [3.05, 3.63) is 28.5 Å². The molecule has 2 rings (SSSR count). The number of rotatable bonds is 3. The average Bonchev–Trinajstić information content (AvgIpc) is 2.31. The van der Waals surface area contributed by atoms with Crippen molar-refractivity contribution in [1.29, 1.82) is 0 Å². The lowest BCUT2D eigenvalue weighted by Gasteiger charge is -2.34. The second-order valence-electron chi connectivity index (χ2n) is 5.24. The van der Waals surface area contributed by atoms with E-state index in [4.69, 9.17) is 11.6 Å². The van der Waals surface area contributed by atoms with Gasteiger partial charge in [-0.25, -0.2) is 9.37 Å². The van der Waals surface area contributed by atoms with E-state index in [2.05, 4.69) is 9.88 Å². The third kappa shape index (κ3) is 3.51. The molecule has 0 saturated carbocycles. The molecule has 1 aromatic heterocycles. The Kier molecular flexibility index (Phi) is 4.21. The lowest BCUT2D eigenvalue weighted by molar-refractivity contribution is -0.131. The minimum Gasteiger partial charge on any atom is -0.299 e. The van der Waals surface area contributed by atoms with Crippen LogP contribution >= 0.6 is 11.6 Å². The van der Waals surface area contributed by atoms with Gasteiger partial charge in [0.2, 0.25) is 0 Å². The van der Waals surface area contributed by atoms with Crippen LogP contribution in [0.2, 0.25) is 5.15 Å². The van der Waals surface area contributed by atoms with Crippen molar-refractivity contribution < 1.29 is 9.18 Å². The van der Waals surface area contributed by atoms with Crippen molar-refractivity contribution in [2.24, 2.45) is 0 Å². The second kappa shape index (κ2) is 5.55. The fraction of sp³-hybridized carbons (Fsp3) is 0.571. The molecule has 0 aromatic carbocycles. The van der Waals surface area contributed by atoms with Crippen LogP contribution in [0, 0.1) is 6.92 Å². The van der Waals surface area contributed by atoms with Crippen LogP contribution in [0.1, 0.15) is 31.0 Å². The molecular formula is C14H18ClFN2O. The van der Waals surface area contributed by atoms with Gasteiger partial charge in [-0.15, -0.1) is 0 Å². The van der Waals surface area contributed by atoms with Crippen LogP contribution in [0.25, 0.3) is 0 Å². The minimum atomic E-state index is -1.62. The Bertz CT molecular complexity index is 464. The minimum absolute atomic E-state index is 0.278. The van der Waals surface area contributed by atoms with Gasteiger partial charge in [0.1, 0.15) is 5.15 Å². The van der Waals surface area contributed by atoms with Crippen LogP contribution < -0.4 is 0 Å². The first kappa shape index (κ1) is 14.4. The summed E-state index contributed by atoms with van der Waals surface area (Å²) >= 11 is 5.92. The Balaban J connectivity index is 1.97. The number of piperidine rings is 1. The maximum Gasteiger partial charge on any atom is 0.170 e. The Morgan fingerprint density at radius 2 is 2.11 bits per heavy atom. The van der Waals surface area contributed by atoms with Crippen molar-refractivity contribution in [2.75, 3.05) is 13.1 Å². The molecule has 19 heavy (non-hydrogen) atoms. The molecule has 1 aliphatic rings. The summed E-state index contributed by atoms with van der Waals surface area (Å²) in [5, 5.41) is 0.482. The van der Waals surface area contributed by atoms with Gasteiger partial charge in [-0.2, -0.15) is 0 Å². The molecule has 0 amide bonds. The first-order chi connectivity index (χ1) is 8.89. The number of likely N-dealkylation sites (tertiary alicyclic amines) is 1. The van der Waals surface area contributed by atoms with Crippen LogP contribution in [0.3, 0.4) is 0 Å². The molecule has 1 aromatic rings. The maximum absolute atomic E-state index is 14.1. The van der Waals surface area contributed by atoms with Crippen LogP contribution in [0.4, 0.5) is 4.39 Å². The number of carbonyl (C=O) groups is 1. The molecule has 0 radical (unpaired) electrons. The molecular weight excluding hydrogens is 267 g/mol. The van der Waals surface area contributed by atoms with Gasteiger partial charge >= 0.3 is 0 Å². The summed E-state index contributed by atoms with van der Waals surface area (Å²) in [6.45, 7) is 5.14. The first-order valence-corrected chi connectivity index (χ1v) is 6.82. The number of Topliss-reactive ketones (excluding diaryl/α,β-unsaturated/α-hetero) is 1. The summed E-state index contributed by atoms with van der Waals surface area (Å²) in [5.41, 5.74) is 0.331. The second-order valence-corrected chi connectivity index (χ2v) is 5.62. The van der Waals surface area contributed by atoms with Crippen LogP contribution in [-0.4, -0.2) is 34.4 Å². The van der Waals surface area contributed by atoms with Crippen LogP contribution in [0.5, 0.6) is 0 Å². The quantitative estimate of drug-likeness (QED) is 0.800. The standard InChI is InChI=1S/C14H18ClFN2O/c1-10-7-12(8-13(15)17-10)9-18-5-3-14(16,4-6-18)11(2)19/h7-8H,3-6,9H2,1-2H3. The highest BCUT2D eigenvalue weighted by Crippen LogP contribution is 2.28. The number of hydrogen-bond acceptors (Lipinski definition) is 3. The largest absolute Gasteiger partial charge is 0.299 e. The van der Waals surface area contributed by atoms with Gasteiger partial charge in [0, 0.05) is 38.2 Å². The predicted octanol–water partition coefficient (Wildman–Crippen LogP) is 2.94. The Morgan fingerprint density at radius 3 is 2.63 bits per heavy atom. The summed E-state index contributed by atoms with van der Waals surface area (Å²) in [6, 6.07) is 3.81. The summed E-state index contributed by atoms with van der Waals surface area (Å²) < 4.78 is 14.1. The number of hydrogen-bond donors (Lipinski definition) is 0. The summed E-state index contributed by atoms with van der Waals surface area (Å²) in [7, 11) is 0. The SMILES string of the molecule is CC(=O)C1(F)CCN(Cc2cc(C)nc(Cl)c2)CC1. The molecule has 0 atom stereocenters. The maximum atomic E-state index is 14.1. The molecule has 2 heterocycles. The number of aryl methyl sites for hydroxylation is 1. The number of pyridine rings is 1. The highest BCUT2D eigenvalue weighted by molar-refractivity contribution is 6.29.